The number of rotatable bonds is 6. The molecule has 1 aromatic carbocycles. The summed E-state index contributed by atoms with van der Waals surface area (Å²) < 4.78 is 10.3. The molecule has 0 bridgehead atoms. The van der Waals surface area contributed by atoms with Crippen LogP contribution in [-0.2, 0) is 9.53 Å². The lowest BCUT2D eigenvalue weighted by atomic mass is 9.90. The number of methoxy groups -OCH3 is 1. The third-order valence-corrected chi connectivity index (χ3v) is 3.32. The van der Waals surface area contributed by atoms with Crippen LogP contribution in [0.15, 0.2) is 12.1 Å². The van der Waals surface area contributed by atoms with E-state index in [1.54, 1.807) is 26.2 Å². The van der Waals surface area contributed by atoms with E-state index in [2.05, 4.69) is 0 Å². The largest absolute Gasteiger partial charge is 0.496 e. The maximum atomic E-state index is 12.2. The molecule has 0 fully saturated rings. The minimum Gasteiger partial charge on any atom is -0.496 e. The van der Waals surface area contributed by atoms with E-state index in [-0.39, 0.29) is 18.4 Å². The molecular formula is C17H24O4. The Balaban J connectivity index is 3.41. The zero-order chi connectivity index (χ0) is 16.2. The second kappa shape index (κ2) is 7.25. The van der Waals surface area contributed by atoms with Crippen molar-refractivity contribution in [3.63, 3.8) is 0 Å². The van der Waals surface area contributed by atoms with Gasteiger partial charge in [-0.2, -0.15) is 0 Å². The van der Waals surface area contributed by atoms with Crippen LogP contribution in [0.25, 0.3) is 0 Å². The minimum atomic E-state index is -0.813. The van der Waals surface area contributed by atoms with Gasteiger partial charge in [-0.25, -0.2) is 4.79 Å². The molecule has 0 saturated carbocycles. The summed E-state index contributed by atoms with van der Waals surface area (Å²) >= 11 is 0. The van der Waals surface area contributed by atoms with Crippen molar-refractivity contribution >= 4 is 11.8 Å². The quantitative estimate of drug-likeness (QED) is 0.456. The van der Waals surface area contributed by atoms with Gasteiger partial charge in [0, 0.05) is 5.56 Å². The molecule has 0 aliphatic heterocycles. The Hall–Kier alpha value is -1.84. The number of hydrogen-bond donors (Lipinski definition) is 0. The summed E-state index contributed by atoms with van der Waals surface area (Å²) in [6, 6.07) is 3.46. The van der Waals surface area contributed by atoms with E-state index in [1.807, 2.05) is 27.7 Å². The van der Waals surface area contributed by atoms with Crippen LogP contribution in [0, 0.1) is 0 Å². The number of carbonyl (C=O) groups is 2. The fourth-order valence-corrected chi connectivity index (χ4v) is 2.21. The summed E-state index contributed by atoms with van der Waals surface area (Å²) in [7, 11) is 1.62. The predicted octanol–water partition coefficient (Wildman–Crippen LogP) is 3.69. The molecule has 0 unspecified atom stereocenters. The molecular weight excluding hydrogens is 268 g/mol. The second-order valence-electron chi connectivity index (χ2n) is 5.55. The second-order valence-corrected chi connectivity index (χ2v) is 5.55. The molecule has 0 spiro atoms. The number of ether oxygens (including phenoxy) is 2. The Morgan fingerprint density at radius 1 is 1.05 bits per heavy atom. The van der Waals surface area contributed by atoms with Gasteiger partial charge in [0.2, 0.25) is 0 Å². The highest BCUT2D eigenvalue weighted by atomic mass is 16.5. The van der Waals surface area contributed by atoms with Crippen molar-refractivity contribution in [1.29, 1.82) is 0 Å². The first-order chi connectivity index (χ1) is 9.83. The number of carbonyl (C=O) groups excluding carboxylic acids is 2. The highest BCUT2D eigenvalue weighted by Gasteiger charge is 2.23. The SMILES string of the molecule is CCOC(=O)C(=O)c1cc(C(C)C)c(OC)c(C(C)C)c1. The number of benzene rings is 1. The van der Waals surface area contributed by atoms with Crippen LogP contribution in [0.2, 0.25) is 0 Å². The van der Waals surface area contributed by atoms with E-state index >= 15 is 0 Å². The Morgan fingerprint density at radius 2 is 1.52 bits per heavy atom. The molecule has 0 radical (unpaired) electrons. The molecule has 0 heterocycles. The van der Waals surface area contributed by atoms with Crippen molar-refractivity contribution in [3.05, 3.63) is 28.8 Å². The first kappa shape index (κ1) is 17.2. The predicted molar refractivity (Wildman–Crippen MR) is 82.1 cm³/mol. The summed E-state index contributed by atoms with van der Waals surface area (Å²) in [5, 5.41) is 0. The average molecular weight is 292 g/mol. The molecule has 1 rings (SSSR count). The molecule has 116 valence electrons. The van der Waals surface area contributed by atoms with Gasteiger partial charge < -0.3 is 9.47 Å². The van der Waals surface area contributed by atoms with Crippen molar-refractivity contribution in [2.24, 2.45) is 0 Å². The normalized spacial score (nSPS) is 10.9. The topological polar surface area (TPSA) is 52.6 Å². The van der Waals surface area contributed by atoms with Crippen molar-refractivity contribution in [3.8, 4) is 5.75 Å². The first-order valence-electron chi connectivity index (χ1n) is 7.26. The zero-order valence-electron chi connectivity index (χ0n) is 13.6. The Bertz CT molecular complexity index is 501. The van der Waals surface area contributed by atoms with Crippen molar-refractivity contribution in [1.82, 2.24) is 0 Å². The highest BCUT2D eigenvalue weighted by Crippen LogP contribution is 2.35. The molecule has 0 atom stereocenters. The number of esters is 1. The van der Waals surface area contributed by atoms with Crippen LogP contribution < -0.4 is 4.74 Å². The van der Waals surface area contributed by atoms with Crippen LogP contribution in [-0.4, -0.2) is 25.5 Å². The van der Waals surface area contributed by atoms with E-state index in [4.69, 9.17) is 9.47 Å². The lowest BCUT2D eigenvalue weighted by Gasteiger charge is -2.19. The smallest absolute Gasteiger partial charge is 0.379 e. The Labute approximate surface area is 126 Å². The van der Waals surface area contributed by atoms with Crippen molar-refractivity contribution in [2.75, 3.05) is 13.7 Å². The minimum absolute atomic E-state index is 0.187. The maximum absolute atomic E-state index is 12.2. The fraction of sp³-hybridized carbons (Fsp3) is 0.529. The fourth-order valence-electron chi connectivity index (χ4n) is 2.21. The Morgan fingerprint density at radius 3 is 1.86 bits per heavy atom. The van der Waals surface area contributed by atoms with Gasteiger partial charge in [0.15, 0.2) is 0 Å². The molecule has 4 nitrogen and oxygen atoms in total. The van der Waals surface area contributed by atoms with Gasteiger partial charge in [-0.3, -0.25) is 4.79 Å². The van der Waals surface area contributed by atoms with Crippen molar-refractivity contribution < 1.29 is 19.1 Å². The van der Waals surface area contributed by atoms with E-state index in [0.29, 0.717) is 5.56 Å². The zero-order valence-corrected chi connectivity index (χ0v) is 13.6. The lowest BCUT2D eigenvalue weighted by Crippen LogP contribution is -2.18. The van der Waals surface area contributed by atoms with E-state index in [0.717, 1.165) is 16.9 Å². The van der Waals surface area contributed by atoms with Gasteiger partial charge in [0.05, 0.1) is 13.7 Å². The molecule has 0 aliphatic rings. The number of hydrogen-bond acceptors (Lipinski definition) is 4. The van der Waals surface area contributed by atoms with Gasteiger partial charge in [-0.1, -0.05) is 27.7 Å². The Kier molecular flexibility index (Phi) is 5.94. The van der Waals surface area contributed by atoms with Gasteiger partial charge in [-0.15, -0.1) is 0 Å². The van der Waals surface area contributed by atoms with Crippen LogP contribution in [0.4, 0.5) is 0 Å². The van der Waals surface area contributed by atoms with Crippen LogP contribution >= 0.6 is 0 Å². The van der Waals surface area contributed by atoms with E-state index in [1.165, 1.54) is 0 Å². The summed E-state index contributed by atoms with van der Waals surface area (Å²) in [5.41, 5.74) is 2.22. The van der Waals surface area contributed by atoms with E-state index < -0.39 is 11.8 Å². The lowest BCUT2D eigenvalue weighted by molar-refractivity contribution is -0.137. The monoisotopic (exact) mass is 292 g/mol. The summed E-state index contributed by atoms with van der Waals surface area (Å²) in [4.78, 5) is 23.8. The molecule has 0 aromatic heterocycles. The molecule has 0 saturated heterocycles. The summed E-state index contributed by atoms with van der Waals surface area (Å²) in [5.74, 6) is -0.254. The molecule has 21 heavy (non-hydrogen) atoms. The number of Topliss-reactive ketones (excluding diaryl/α,β-unsaturated/α-hetero) is 1. The van der Waals surface area contributed by atoms with Gasteiger partial charge in [-0.05, 0) is 42.0 Å². The first-order valence-corrected chi connectivity index (χ1v) is 7.26. The van der Waals surface area contributed by atoms with Gasteiger partial charge in [0.1, 0.15) is 5.75 Å². The standard InChI is InChI=1S/C17H24O4/c1-7-21-17(19)15(18)12-8-13(10(2)3)16(20-6)14(9-12)11(4)5/h8-11H,7H2,1-6H3. The summed E-state index contributed by atoms with van der Waals surface area (Å²) in [6.45, 7) is 9.98. The third-order valence-electron chi connectivity index (χ3n) is 3.32. The van der Waals surface area contributed by atoms with Gasteiger partial charge in [0.25, 0.3) is 5.78 Å². The van der Waals surface area contributed by atoms with Crippen LogP contribution in [0.1, 0.15) is 67.9 Å². The van der Waals surface area contributed by atoms with Gasteiger partial charge >= 0.3 is 5.97 Å². The summed E-state index contributed by atoms with van der Waals surface area (Å²) in [6.07, 6.45) is 0. The molecule has 4 heteroatoms. The molecule has 1 aromatic rings. The van der Waals surface area contributed by atoms with Crippen LogP contribution in [0.3, 0.4) is 0 Å². The van der Waals surface area contributed by atoms with Crippen LogP contribution in [0.5, 0.6) is 5.75 Å². The average Bonchev–Trinajstić information content (AvgIpc) is 2.44. The maximum Gasteiger partial charge on any atom is 0.379 e. The highest BCUT2D eigenvalue weighted by molar-refractivity contribution is 6.40. The molecule has 0 aliphatic carbocycles. The number of ketones is 1. The van der Waals surface area contributed by atoms with E-state index in [9.17, 15) is 9.59 Å². The third kappa shape index (κ3) is 3.84. The molecule has 0 N–H and O–H groups in total. The molecule has 0 amide bonds. The van der Waals surface area contributed by atoms with Crippen molar-refractivity contribution in [2.45, 2.75) is 46.5 Å².